The van der Waals surface area contributed by atoms with Crippen molar-refractivity contribution in [3.05, 3.63) is 30.3 Å². The molecule has 1 aliphatic heterocycles. The van der Waals surface area contributed by atoms with Gasteiger partial charge < -0.3 is 15.4 Å². The maximum Gasteiger partial charge on any atom is 0.407 e. The van der Waals surface area contributed by atoms with Crippen molar-refractivity contribution in [2.24, 2.45) is 0 Å². The first kappa shape index (κ1) is 18.3. The van der Waals surface area contributed by atoms with Crippen LogP contribution in [0.25, 0.3) is 0 Å². The van der Waals surface area contributed by atoms with Gasteiger partial charge in [-0.1, -0.05) is 18.2 Å². The van der Waals surface area contributed by atoms with Crippen LogP contribution in [-0.2, 0) is 9.53 Å². The van der Waals surface area contributed by atoms with E-state index in [9.17, 15) is 9.59 Å². The molecule has 1 saturated heterocycles. The van der Waals surface area contributed by atoms with Gasteiger partial charge in [-0.05, 0) is 45.7 Å². The quantitative estimate of drug-likeness (QED) is 0.888. The van der Waals surface area contributed by atoms with Crippen LogP contribution in [0.2, 0.25) is 0 Å². The van der Waals surface area contributed by atoms with Crippen LogP contribution >= 0.6 is 0 Å². The number of alkyl carbamates (subject to hydrolysis) is 1. The summed E-state index contributed by atoms with van der Waals surface area (Å²) in [5.74, 6) is -0.0141. The average Bonchev–Trinajstić information content (AvgIpc) is 2.48. The highest BCUT2D eigenvalue weighted by molar-refractivity contribution is 5.92. The molecule has 0 aromatic heterocycles. The number of carbonyl (C=O) groups excluding carboxylic acids is 2. The van der Waals surface area contributed by atoms with Gasteiger partial charge in [0.15, 0.2) is 0 Å². The zero-order chi connectivity index (χ0) is 17.6. The molecule has 2 N–H and O–H groups in total. The number of nitrogens with zero attached hydrogens (tertiary/aromatic N) is 1. The Morgan fingerprint density at radius 2 is 1.79 bits per heavy atom. The third-order valence-electron chi connectivity index (χ3n) is 3.73. The molecule has 0 saturated carbocycles. The lowest BCUT2D eigenvalue weighted by Crippen LogP contribution is -2.47. The van der Waals surface area contributed by atoms with Gasteiger partial charge >= 0.3 is 6.09 Å². The molecule has 0 radical (unpaired) electrons. The Kier molecular flexibility index (Phi) is 6.20. The minimum atomic E-state index is -0.486. The van der Waals surface area contributed by atoms with E-state index in [1.54, 1.807) is 0 Å². The van der Waals surface area contributed by atoms with Crippen molar-refractivity contribution < 1.29 is 14.3 Å². The molecule has 2 rings (SSSR count). The van der Waals surface area contributed by atoms with E-state index in [1.165, 1.54) is 0 Å². The summed E-state index contributed by atoms with van der Waals surface area (Å²) in [7, 11) is 0. The number of piperidine rings is 1. The van der Waals surface area contributed by atoms with Crippen LogP contribution in [0.3, 0.4) is 0 Å². The van der Waals surface area contributed by atoms with E-state index in [0.29, 0.717) is 6.54 Å². The smallest absolute Gasteiger partial charge is 0.407 e. The molecule has 1 aliphatic rings. The van der Waals surface area contributed by atoms with Crippen molar-refractivity contribution in [2.45, 2.75) is 45.3 Å². The van der Waals surface area contributed by atoms with E-state index in [-0.39, 0.29) is 18.0 Å². The molecular weight excluding hydrogens is 306 g/mol. The summed E-state index contributed by atoms with van der Waals surface area (Å²) in [6, 6.07) is 9.54. The fourth-order valence-electron chi connectivity index (χ4n) is 2.63. The maximum atomic E-state index is 12.1. The summed E-state index contributed by atoms with van der Waals surface area (Å²) in [5, 5.41) is 5.79. The van der Waals surface area contributed by atoms with Crippen molar-refractivity contribution in [3.63, 3.8) is 0 Å². The standard InChI is InChI=1S/C18H27N3O3/c1-18(2,3)24-17(23)20-15-9-11-21(12-10-15)13-16(22)19-14-7-5-4-6-8-14/h4-8,15H,9-13H2,1-3H3,(H,19,22)(H,20,23). The van der Waals surface area contributed by atoms with Gasteiger partial charge in [0, 0.05) is 24.8 Å². The van der Waals surface area contributed by atoms with Crippen LogP contribution in [0, 0.1) is 0 Å². The van der Waals surface area contributed by atoms with Gasteiger partial charge in [0.25, 0.3) is 0 Å². The highest BCUT2D eigenvalue weighted by Gasteiger charge is 2.24. The molecular formula is C18H27N3O3. The van der Waals surface area contributed by atoms with E-state index in [0.717, 1.165) is 31.6 Å². The molecule has 6 nitrogen and oxygen atoms in total. The van der Waals surface area contributed by atoms with Crippen LogP contribution in [-0.4, -0.2) is 48.2 Å². The fraction of sp³-hybridized carbons (Fsp3) is 0.556. The molecule has 1 aromatic carbocycles. The molecule has 1 fully saturated rings. The SMILES string of the molecule is CC(C)(C)OC(=O)NC1CCN(CC(=O)Nc2ccccc2)CC1. The number of anilines is 1. The van der Waals surface area contributed by atoms with Crippen molar-refractivity contribution in [2.75, 3.05) is 25.0 Å². The van der Waals surface area contributed by atoms with Gasteiger partial charge in [-0.25, -0.2) is 4.79 Å². The lowest BCUT2D eigenvalue weighted by Gasteiger charge is -2.32. The molecule has 1 heterocycles. The number of hydrogen-bond donors (Lipinski definition) is 2. The Bertz CT molecular complexity index is 546. The number of likely N-dealkylation sites (tertiary alicyclic amines) is 1. The van der Waals surface area contributed by atoms with Crippen molar-refractivity contribution in [1.82, 2.24) is 10.2 Å². The van der Waals surface area contributed by atoms with Gasteiger partial charge in [0.1, 0.15) is 5.60 Å². The average molecular weight is 333 g/mol. The van der Waals surface area contributed by atoms with Crippen LogP contribution in [0.4, 0.5) is 10.5 Å². The summed E-state index contributed by atoms with van der Waals surface area (Å²) in [6.07, 6.45) is 1.26. The molecule has 24 heavy (non-hydrogen) atoms. The zero-order valence-electron chi connectivity index (χ0n) is 14.7. The van der Waals surface area contributed by atoms with E-state index >= 15 is 0 Å². The second-order valence-electron chi connectivity index (χ2n) is 7.11. The number of hydrogen-bond acceptors (Lipinski definition) is 4. The van der Waals surface area contributed by atoms with Crippen LogP contribution in [0.5, 0.6) is 0 Å². The molecule has 0 bridgehead atoms. The Labute approximate surface area is 143 Å². The molecule has 0 unspecified atom stereocenters. The van der Waals surface area contributed by atoms with Gasteiger partial charge in [-0.15, -0.1) is 0 Å². The van der Waals surface area contributed by atoms with Crippen molar-refractivity contribution in [3.8, 4) is 0 Å². The number of para-hydroxylation sites is 1. The molecule has 0 spiro atoms. The number of amides is 2. The topological polar surface area (TPSA) is 70.7 Å². The third kappa shape index (κ3) is 6.58. The number of rotatable bonds is 4. The van der Waals surface area contributed by atoms with E-state index in [4.69, 9.17) is 4.74 Å². The Morgan fingerprint density at radius 1 is 1.17 bits per heavy atom. The Balaban J connectivity index is 1.69. The predicted octanol–water partition coefficient (Wildman–Crippen LogP) is 2.61. The monoisotopic (exact) mass is 333 g/mol. The summed E-state index contributed by atoms with van der Waals surface area (Å²) < 4.78 is 5.27. The molecule has 1 aromatic rings. The van der Waals surface area contributed by atoms with Crippen molar-refractivity contribution >= 4 is 17.7 Å². The number of nitrogens with one attached hydrogen (secondary N) is 2. The van der Waals surface area contributed by atoms with E-state index in [1.807, 2.05) is 51.1 Å². The fourth-order valence-corrected chi connectivity index (χ4v) is 2.63. The molecule has 132 valence electrons. The summed E-state index contributed by atoms with van der Waals surface area (Å²) in [4.78, 5) is 25.9. The third-order valence-corrected chi connectivity index (χ3v) is 3.73. The number of ether oxygens (including phenoxy) is 1. The summed E-state index contributed by atoms with van der Waals surface area (Å²) in [6.45, 7) is 7.47. The van der Waals surface area contributed by atoms with Crippen LogP contribution in [0.1, 0.15) is 33.6 Å². The van der Waals surface area contributed by atoms with E-state index in [2.05, 4.69) is 15.5 Å². The zero-order valence-corrected chi connectivity index (χ0v) is 14.7. The number of benzene rings is 1. The second-order valence-corrected chi connectivity index (χ2v) is 7.11. The lowest BCUT2D eigenvalue weighted by molar-refractivity contribution is -0.117. The largest absolute Gasteiger partial charge is 0.444 e. The molecule has 2 amide bonds. The Morgan fingerprint density at radius 3 is 2.38 bits per heavy atom. The minimum absolute atomic E-state index is 0.0141. The van der Waals surface area contributed by atoms with Crippen molar-refractivity contribution in [1.29, 1.82) is 0 Å². The summed E-state index contributed by atoms with van der Waals surface area (Å²) >= 11 is 0. The normalized spacial score (nSPS) is 16.5. The van der Waals surface area contributed by atoms with Crippen LogP contribution < -0.4 is 10.6 Å². The minimum Gasteiger partial charge on any atom is -0.444 e. The van der Waals surface area contributed by atoms with Gasteiger partial charge in [-0.3, -0.25) is 9.69 Å². The molecule has 0 atom stereocenters. The lowest BCUT2D eigenvalue weighted by atomic mass is 10.1. The highest BCUT2D eigenvalue weighted by atomic mass is 16.6. The molecule has 0 aliphatic carbocycles. The highest BCUT2D eigenvalue weighted by Crippen LogP contribution is 2.13. The first-order valence-corrected chi connectivity index (χ1v) is 8.38. The second kappa shape index (κ2) is 8.15. The number of carbonyl (C=O) groups is 2. The first-order chi connectivity index (χ1) is 11.3. The van der Waals surface area contributed by atoms with Gasteiger partial charge in [0.2, 0.25) is 5.91 Å². The maximum absolute atomic E-state index is 12.1. The van der Waals surface area contributed by atoms with Crippen LogP contribution in [0.15, 0.2) is 30.3 Å². The van der Waals surface area contributed by atoms with Gasteiger partial charge in [-0.2, -0.15) is 0 Å². The first-order valence-electron chi connectivity index (χ1n) is 8.38. The van der Waals surface area contributed by atoms with E-state index < -0.39 is 5.60 Å². The molecule has 6 heteroatoms. The Hall–Kier alpha value is -2.08. The summed E-state index contributed by atoms with van der Waals surface area (Å²) in [5.41, 5.74) is 0.323. The predicted molar refractivity (Wildman–Crippen MR) is 93.9 cm³/mol. The van der Waals surface area contributed by atoms with Gasteiger partial charge in [0.05, 0.1) is 6.54 Å².